The van der Waals surface area contributed by atoms with Crippen molar-refractivity contribution in [2.24, 2.45) is 0 Å². The predicted octanol–water partition coefficient (Wildman–Crippen LogP) is 5.96. The van der Waals surface area contributed by atoms with Crippen molar-refractivity contribution in [2.45, 2.75) is 32.6 Å². The van der Waals surface area contributed by atoms with Crippen LogP contribution in [0.1, 0.15) is 37.3 Å². The molecule has 0 saturated heterocycles. The maximum Gasteiger partial charge on any atom is 0.223 e. The Hall–Kier alpha value is -3.73. The molecule has 0 atom stereocenters. The van der Waals surface area contributed by atoms with E-state index in [-0.39, 0.29) is 0 Å². The van der Waals surface area contributed by atoms with Gasteiger partial charge in [0.2, 0.25) is 5.95 Å². The van der Waals surface area contributed by atoms with Gasteiger partial charge in [-0.1, -0.05) is 56.3 Å². The quantitative estimate of drug-likeness (QED) is 0.270. The summed E-state index contributed by atoms with van der Waals surface area (Å²) in [6.45, 7) is 5.18. The molecule has 0 fully saturated rings. The molecule has 4 rings (SSSR count). The average Bonchev–Trinajstić information content (AvgIpc) is 2.83. The number of rotatable bonds is 8. The van der Waals surface area contributed by atoms with Crippen molar-refractivity contribution in [2.75, 3.05) is 17.6 Å². The number of pyridine rings is 1. The van der Waals surface area contributed by atoms with E-state index in [9.17, 15) is 0 Å². The van der Waals surface area contributed by atoms with Crippen molar-refractivity contribution < 1.29 is 0 Å². The topological polar surface area (TPSA) is 76.7 Å². The number of para-hydroxylation sites is 1. The third-order valence-corrected chi connectivity index (χ3v) is 5.57. The fourth-order valence-electron chi connectivity index (χ4n) is 3.71. The summed E-state index contributed by atoms with van der Waals surface area (Å²) >= 11 is 0. The summed E-state index contributed by atoms with van der Waals surface area (Å²) in [6.07, 6.45) is 7.36. The van der Waals surface area contributed by atoms with E-state index in [1.165, 1.54) is 11.1 Å². The molecule has 0 saturated carbocycles. The molecule has 2 aromatic heterocycles. The van der Waals surface area contributed by atoms with Gasteiger partial charge in [-0.05, 0) is 53.6 Å². The van der Waals surface area contributed by atoms with Crippen molar-refractivity contribution in [3.05, 3.63) is 90.4 Å². The molecule has 0 unspecified atom stereocenters. The van der Waals surface area contributed by atoms with Crippen LogP contribution in [0.3, 0.4) is 0 Å². The van der Waals surface area contributed by atoms with Crippen LogP contribution in [-0.2, 0) is 6.42 Å². The number of aryl methyl sites for hydroxylation is 1. The Morgan fingerprint density at radius 3 is 2.53 bits per heavy atom. The second-order valence-electron chi connectivity index (χ2n) is 8.20. The molecule has 0 radical (unpaired) electrons. The Balaban J connectivity index is 1.56. The van der Waals surface area contributed by atoms with Gasteiger partial charge in [0.15, 0.2) is 0 Å². The number of nitrogens with two attached hydrogens (primary N) is 1. The Morgan fingerprint density at radius 1 is 0.938 bits per heavy atom. The van der Waals surface area contributed by atoms with Crippen LogP contribution in [-0.4, -0.2) is 21.5 Å². The maximum absolute atomic E-state index is 6.05. The predicted molar refractivity (Wildman–Crippen MR) is 132 cm³/mol. The molecule has 0 amide bonds. The van der Waals surface area contributed by atoms with E-state index in [1.807, 2.05) is 36.5 Å². The van der Waals surface area contributed by atoms with E-state index in [4.69, 9.17) is 10.7 Å². The molecule has 0 aliphatic carbocycles. The number of benzene rings is 2. The van der Waals surface area contributed by atoms with Crippen LogP contribution in [0, 0.1) is 0 Å². The van der Waals surface area contributed by atoms with Gasteiger partial charge in [0, 0.05) is 41.9 Å². The highest BCUT2D eigenvalue weighted by Crippen LogP contribution is 2.32. The highest BCUT2D eigenvalue weighted by atomic mass is 15.1. The third-order valence-electron chi connectivity index (χ3n) is 5.57. The van der Waals surface area contributed by atoms with Crippen LogP contribution < -0.4 is 11.1 Å². The highest BCUT2D eigenvalue weighted by molar-refractivity contribution is 5.81. The molecular formula is C27H29N5. The zero-order valence-corrected chi connectivity index (χ0v) is 18.6. The fraction of sp³-hybridized carbons (Fsp3) is 0.222. The van der Waals surface area contributed by atoms with Gasteiger partial charge in [0.05, 0.1) is 5.69 Å². The van der Waals surface area contributed by atoms with Crippen LogP contribution >= 0.6 is 0 Å². The van der Waals surface area contributed by atoms with Crippen molar-refractivity contribution in [1.29, 1.82) is 0 Å². The van der Waals surface area contributed by atoms with Crippen LogP contribution in [0.2, 0.25) is 0 Å². The van der Waals surface area contributed by atoms with Gasteiger partial charge in [0.1, 0.15) is 0 Å². The maximum atomic E-state index is 6.05. The molecule has 3 N–H and O–H groups in total. The SMILES string of the molecule is CC(C)c1cccc(-c2cnc(NCCCc3ccccc3N)nc2-c2ccncc2)c1. The van der Waals surface area contributed by atoms with E-state index < -0.39 is 0 Å². The Morgan fingerprint density at radius 2 is 1.75 bits per heavy atom. The number of nitrogen functional groups attached to an aromatic ring is 1. The summed E-state index contributed by atoms with van der Waals surface area (Å²) in [5, 5.41) is 3.37. The van der Waals surface area contributed by atoms with Gasteiger partial charge in [-0.25, -0.2) is 9.97 Å². The van der Waals surface area contributed by atoms with Gasteiger partial charge in [-0.15, -0.1) is 0 Å². The minimum Gasteiger partial charge on any atom is -0.399 e. The monoisotopic (exact) mass is 423 g/mol. The zero-order chi connectivity index (χ0) is 22.3. The second-order valence-corrected chi connectivity index (χ2v) is 8.20. The molecule has 32 heavy (non-hydrogen) atoms. The molecule has 162 valence electrons. The van der Waals surface area contributed by atoms with Crippen molar-refractivity contribution in [1.82, 2.24) is 15.0 Å². The molecule has 5 heteroatoms. The smallest absolute Gasteiger partial charge is 0.223 e. The standard InChI is InChI=1S/C27H29N5/c1-19(2)22-8-5-9-23(17-22)24-18-31-27(32-26(24)21-12-15-29-16-13-21)30-14-6-10-20-7-3-4-11-25(20)28/h3-5,7-9,11-13,15-19H,6,10,14,28H2,1-2H3,(H,30,31,32). The molecule has 0 bridgehead atoms. The first-order chi connectivity index (χ1) is 15.6. The fourth-order valence-corrected chi connectivity index (χ4v) is 3.71. The summed E-state index contributed by atoms with van der Waals surface area (Å²) in [6, 6.07) is 20.6. The van der Waals surface area contributed by atoms with Crippen LogP contribution in [0.4, 0.5) is 11.6 Å². The van der Waals surface area contributed by atoms with Crippen LogP contribution in [0.15, 0.2) is 79.3 Å². The summed E-state index contributed by atoms with van der Waals surface area (Å²) < 4.78 is 0. The molecule has 0 aliphatic heterocycles. The molecule has 0 aliphatic rings. The summed E-state index contributed by atoms with van der Waals surface area (Å²) in [7, 11) is 0. The normalized spacial score (nSPS) is 11.0. The highest BCUT2D eigenvalue weighted by Gasteiger charge is 2.13. The van der Waals surface area contributed by atoms with Gasteiger partial charge in [-0.2, -0.15) is 0 Å². The van der Waals surface area contributed by atoms with Crippen molar-refractivity contribution in [3.8, 4) is 22.4 Å². The molecular weight excluding hydrogens is 394 g/mol. The summed E-state index contributed by atoms with van der Waals surface area (Å²) in [4.78, 5) is 13.7. The zero-order valence-electron chi connectivity index (χ0n) is 18.6. The molecule has 2 aromatic carbocycles. The Labute approximate surface area is 189 Å². The number of aromatic nitrogens is 3. The average molecular weight is 424 g/mol. The number of nitrogens with one attached hydrogen (secondary N) is 1. The number of nitrogens with zero attached hydrogens (tertiary/aromatic N) is 3. The number of anilines is 2. The lowest BCUT2D eigenvalue weighted by molar-refractivity contribution is 0.855. The first-order valence-corrected chi connectivity index (χ1v) is 11.1. The lowest BCUT2D eigenvalue weighted by Crippen LogP contribution is -2.08. The molecule has 2 heterocycles. The summed E-state index contributed by atoms with van der Waals surface area (Å²) in [5.74, 6) is 1.08. The molecule has 5 nitrogen and oxygen atoms in total. The lowest BCUT2D eigenvalue weighted by Gasteiger charge is -2.14. The first kappa shape index (κ1) is 21.5. The number of hydrogen-bond acceptors (Lipinski definition) is 5. The van der Waals surface area contributed by atoms with Crippen molar-refractivity contribution >= 4 is 11.6 Å². The molecule has 0 spiro atoms. The van der Waals surface area contributed by atoms with E-state index in [0.717, 1.165) is 47.5 Å². The Bertz CT molecular complexity index is 1170. The largest absolute Gasteiger partial charge is 0.399 e. The number of hydrogen-bond donors (Lipinski definition) is 2. The second kappa shape index (κ2) is 10.1. The van der Waals surface area contributed by atoms with E-state index in [0.29, 0.717) is 11.9 Å². The lowest BCUT2D eigenvalue weighted by atomic mass is 9.96. The van der Waals surface area contributed by atoms with Crippen LogP contribution in [0.25, 0.3) is 22.4 Å². The van der Waals surface area contributed by atoms with Gasteiger partial charge in [-0.3, -0.25) is 4.98 Å². The Kier molecular flexibility index (Phi) is 6.75. The van der Waals surface area contributed by atoms with Gasteiger partial charge >= 0.3 is 0 Å². The van der Waals surface area contributed by atoms with E-state index in [1.54, 1.807) is 12.4 Å². The third kappa shape index (κ3) is 5.11. The molecule has 4 aromatic rings. The minimum atomic E-state index is 0.458. The van der Waals surface area contributed by atoms with Crippen molar-refractivity contribution in [3.63, 3.8) is 0 Å². The minimum absolute atomic E-state index is 0.458. The van der Waals surface area contributed by atoms with Gasteiger partial charge < -0.3 is 11.1 Å². The van der Waals surface area contributed by atoms with E-state index in [2.05, 4.69) is 59.5 Å². The van der Waals surface area contributed by atoms with Crippen LogP contribution in [0.5, 0.6) is 0 Å². The summed E-state index contributed by atoms with van der Waals surface area (Å²) in [5.41, 5.74) is 13.4. The first-order valence-electron chi connectivity index (χ1n) is 11.1. The van der Waals surface area contributed by atoms with E-state index >= 15 is 0 Å². The van der Waals surface area contributed by atoms with Gasteiger partial charge in [0.25, 0.3) is 0 Å².